The van der Waals surface area contributed by atoms with Crippen LogP contribution in [0.15, 0.2) is 23.3 Å². The summed E-state index contributed by atoms with van der Waals surface area (Å²) in [5.74, 6) is 2.94. The Morgan fingerprint density at radius 1 is 1.14 bits per heavy atom. The van der Waals surface area contributed by atoms with Crippen LogP contribution < -0.4 is 0 Å². The predicted molar refractivity (Wildman–Crippen MR) is 123 cm³/mol. The number of allylic oxidation sites excluding steroid dienone is 3. The molecule has 6 unspecified atom stereocenters. The van der Waals surface area contributed by atoms with Crippen LogP contribution in [0.5, 0.6) is 0 Å². The molecule has 2 nitrogen and oxygen atoms in total. The summed E-state index contributed by atoms with van der Waals surface area (Å²) < 4.78 is 0. The Hall–Kier alpha value is -0.600. The predicted octanol–water partition coefficient (Wildman–Crippen LogP) is 6.81. The summed E-state index contributed by atoms with van der Waals surface area (Å²) in [7, 11) is 0. The van der Waals surface area contributed by atoms with E-state index in [9.17, 15) is 10.2 Å². The summed E-state index contributed by atoms with van der Waals surface area (Å²) in [6.45, 7) is 11.2. The van der Waals surface area contributed by atoms with Crippen molar-refractivity contribution in [3.8, 4) is 0 Å². The highest BCUT2D eigenvalue weighted by Gasteiger charge is 2.50. The van der Waals surface area contributed by atoms with Gasteiger partial charge in [-0.1, -0.05) is 56.9 Å². The maximum absolute atomic E-state index is 10.1. The number of aliphatic hydroxyl groups is 2. The first kappa shape index (κ1) is 23.1. The van der Waals surface area contributed by atoms with Crippen LogP contribution in [0.1, 0.15) is 105 Å². The molecule has 0 amide bonds. The van der Waals surface area contributed by atoms with E-state index in [1.54, 1.807) is 5.57 Å². The van der Waals surface area contributed by atoms with Crippen molar-refractivity contribution in [1.29, 1.82) is 0 Å². The SMILES string of the molecule is CC1CCC(O)CC1=CC=C1CCCC2(C)C1CCC2C(C)CCCC(C)(C)O. The Morgan fingerprint density at radius 3 is 2.59 bits per heavy atom. The Bertz CT molecular complexity index is 611. The minimum atomic E-state index is -0.528. The monoisotopic (exact) mass is 402 g/mol. The van der Waals surface area contributed by atoms with Crippen molar-refractivity contribution in [2.75, 3.05) is 0 Å². The summed E-state index contributed by atoms with van der Waals surface area (Å²) in [5, 5.41) is 20.1. The molecule has 3 saturated carbocycles. The third kappa shape index (κ3) is 5.56. The zero-order valence-corrected chi connectivity index (χ0v) is 19.7. The third-order valence-corrected chi connectivity index (χ3v) is 8.72. The van der Waals surface area contributed by atoms with Crippen molar-refractivity contribution in [3.05, 3.63) is 23.3 Å². The minimum Gasteiger partial charge on any atom is -0.393 e. The summed E-state index contributed by atoms with van der Waals surface area (Å²) in [5.41, 5.74) is 3.07. The molecular weight excluding hydrogens is 356 g/mol. The molecule has 2 N–H and O–H groups in total. The largest absolute Gasteiger partial charge is 0.393 e. The van der Waals surface area contributed by atoms with Gasteiger partial charge in [-0.25, -0.2) is 0 Å². The van der Waals surface area contributed by atoms with Gasteiger partial charge in [0.15, 0.2) is 0 Å². The van der Waals surface area contributed by atoms with Gasteiger partial charge in [0.25, 0.3) is 0 Å². The lowest BCUT2D eigenvalue weighted by Gasteiger charge is -2.44. The summed E-state index contributed by atoms with van der Waals surface area (Å²) >= 11 is 0. The molecule has 3 aliphatic rings. The minimum absolute atomic E-state index is 0.131. The maximum Gasteiger partial charge on any atom is 0.0591 e. The number of hydrogen-bond donors (Lipinski definition) is 2. The van der Waals surface area contributed by atoms with E-state index in [-0.39, 0.29) is 6.10 Å². The molecule has 0 bridgehead atoms. The van der Waals surface area contributed by atoms with E-state index in [4.69, 9.17) is 0 Å². The molecule has 0 heterocycles. The molecule has 6 atom stereocenters. The highest BCUT2D eigenvalue weighted by molar-refractivity contribution is 5.26. The van der Waals surface area contributed by atoms with Gasteiger partial charge in [-0.3, -0.25) is 0 Å². The number of aliphatic hydroxyl groups excluding tert-OH is 1. The number of hydrogen-bond acceptors (Lipinski definition) is 2. The van der Waals surface area contributed by atoms with E-state index in [0.717, 1.165) is 49.9 Å². The number of rotatable bonds is 6. The Labute approximate surface area is 179 Å². The lowest BCUT2D eigenvalue weighted by atomic mass is 9.60. The van der Waals surface area contributed by atoms with Gasteiger partial charge in [0, 0.05) is 0 Å². The maximum atomic E-state index is 10.1. The van der Waals surface area contributed by atoms with Crippen LogP contribution in [-0.4, -0.2) is 21.9 Å². The zero-order chi connectivity index (χ0) is 21.2. The van der Waals surface area contributed by atoms with E-state index in [1.165, 1.54) is 44.1 Å². The molecule has 0 aliphatic heterocycles. The molecule has 0 aromatic heterocycles. The van der Waals surface area contributed by atoms with Crippen LogP contribution in [0.25, 0.3) is 0 Å². The standard InChI is InChI=1S/C27H46O2/c1-19-10-13-23(28)18-22(19)12-11-21-9-7-17-27(5)24(14-15-25(21)27)20(2)8-6-16-26(3,4)29/h11-12,19-20,23-25,28-29H,6-10,13-18H2,1-5H3. The van der Waals surface area contributed by atoms with Crippen LogP contribution in [0.4, 0.5) is 0 Å². The second-order valence-corrected chi connectivity index (χ2v) is 11.6. The summed E-state index contributed by atoms with van der Waals surface area (Å²) in [4.78, 5) is 0. The van der Waals surface area contributed by atoms with Crippen molar-refractivity contribution < 1.29 is 10.2 Å². The fourth-order valence-electron chi connectivity index (χ4n) is 6.92. The molecule has 166 valence electrons. The van der Waals surface area contributed by atoms with Gasteiger partial charge in [-0.05, 0) is 101 Å². The first-order valence-electron chi connectivity index (χ1n) is 12.4. The molecule has 3 fully saturated rings. The van der Waals surface area contributed by atoms with Crippen molar-refractivity contribution in [2.24, 2.45) is 29.1 Å². The van der Waals surface area contributed by atoms with Gasteiger partial charge in [0.2, 0.25) is 0 Å². The highest BCUT2D eigenvalue weighted by Crippen LogP contribution is 2.60. The van der Waals surface area contributed by atoms with Crippen molar-refractivity contribution in [3.63, 3.8) is 0 Å². The van der Waals surface area contributed by atoms with Gasteiger partial charge < -0.3 is 10.2 Å². The van der Waals surface area contributed by atoms with Crippen LogP contribution in [0, 0.1) is 29.1 Å². The second kappa shape index (κ2) is 9.27. The average Bonchev–Trinajstić information content (AvgIpc) is 2.99. The average molecular weight is 403 g/mol. The fourth-order valence-corrected chi connectivity index (χ4v) is 6.92. The third-order valence-electron chi connectivity index (χ3n) is 8.72. The molecule has 0 spiro atoms. The molecular formula is C27H46O2. The molecule has 0 saturated heterocycles. The van der Waals surface area contributed by atoms with E-state index in [0.29, 0.717) is 11.3 Å². The zero-order valence-electron chi connectivity index (χ0n) is 19.7. The quantitative estimate of drug-likeness (QED) is 0.512. The molecule has 2 heteroatoms. The second-order valence-electron chi connectivity index (χ2n) is 11.6. The fraction of sp³-hybridized carbons (Fsp3) is 0.852. The molecule has 0 radical (unpaired) electrons. The molecule has 3 rings (SSSR count). The van der Waals surface area contributed by atoms with Gasteiger partial charge in [0.1, 0.15) is 0 Å². The van der Waals surface area contributed by atoms with E-state index >= 15 is 0 Å². The van der Waals surface area contributed by atoms with E-state index in [1.807, 2.05) is 13.8 Å². The summed E-state index contributed by atoms with van der Waals surface area (Å²) in [6, 6.07) is 0. The topological polar surface area (TPSA) is 40.5 Å². The molecule has 3 aliphatic carbocycles. The van der Waals surface area contributed by atoms with E-state index < -0.39 is 5.60 Å². The molecule has 0 aromatic rings. The Kier molecular flexibility index (Phi) is 7.37. The van der Waals surface area contributed by atoms with Crippen molar-refractivity contribution in [1.82, 2.24) is 0 Å². The normalized spacial score (nSPS) is 39.7. The first-order chi connectivity index (χ1) is 13.6. The highest BCUT2D eigenvalue weighted by atomic mass is 16.3. The van der Waals surface area contributed by atoms with Gasteiger partial charge >= 0.3 is 0 Å². The Morgan fingerprint density at radius 2 is 1.86 bits per heavy atom. The van der Waals surface area contributed by atoms with Crippen LogP contribution >= 0.6 is 0 Å². The van der Waals surface area contributed by atoms with Crippen LogP contribution in [0.3, 0.4) is 0 Å². The lowest BCUT2D eigenvalue weighted by molar-refractivity contribution is 0.0596. The smallest absolute Gasteiger partial charge is 0.0591 e. The first-order valence-corrected chi connectivity index (χ1v) is 12.4. The number of fused-ring (bicyclic) bond motifs is 1. The summed E-state index contributed by atoms with van der Waals surface area (Å²) in [6.07, 6.45) is 17.7. The van der Waals surface area contributed by atoms with Crippen molar-refractivity contribution in [2.45, 2.75) is 117 Å². The van der Waals surface area contributed by atoms with Crippen molar-refractivity contribution >= 4 is 0 Å². The molecule has 29 heavy (non-hydrogen) atoms. The van der Waals surface area contributed by atoms with Crippen LogP contribution in [0.2, 0.25) is 0 Å². The van der Waals surface area contributed by atoms with Crippen LogP contribution in [-0.2, 0) is 0 Å². The van der Waals surface area contributed by atoms with Gasteiger partial charge in [-0.2, -0.15) is 0 Å². The van der Waals surface area contributed by atoms with E-state index in [2.05, 4.69) is 32.9 Å². The Balaban J connectivity index is 1.68. The van der Waals surface area contributed by atoms with Gasteiger partial charge in [-0.15, -0.1) is 0 Å². The van der Waals surface area contributed by atoms with Gasteiger partial charge in [0.05, 0.1) is 11.7 Å². The molecule has 0 aromatic carbocycles. The lowest BCUT2D eigenvalue weighted by Crippen LogP contribution is -2.36.